The van der Waals surface area contributed by atoms with Crippen LogP contribution in [0.1, 0.15) is 38.5 Å². The first-order chi connectivity index (χ1) is 11.4. The van der Waals surface area contributed by atoms with Crippen LogP contribution in [0.2, 0.25) is 0 Å². The number of likely N-dealkylation sites (N-methyl/N-ethyl adjacent to an activating group) is 1. The molecule has 0 saturated carbocycles. The number of aryl methyl sites for hydroxylation is 2. The van der Waals surface area contributed by atoms with E-state index in [1.165, 1.54) is 0 Å². The zero-order chi connectivity index (χ0) is 17.7. The quantitative estimate of drug-likeness (QED) is 0.699. The van der Waals surface area contributed by atoms with E-state index in [2.05, 4.69) is 0 Å². The summed E-state index contributed by atoms with van der Waals surface area (Å²) in [4.78, 5) is 24.2. The second-order valence-electron chi connectivity index (χ2n) is 5.80. The molecule has 1 aliphatic rings. The Morgan fingerprint density at radius 1 is 0.846 bits per heavy atom. The smallest absolute Gasteiger partial charge is 0.253 e. The Labute approximate surface area is 157 Å². The third-order valence-corrected chi connectivity index (χ3v) is 3.82. The lowest BCUT2D eigenvalue weighted by atomic mass is 10.0. The van der Waals surface area contributed by atoms with Crippen molar-refractivity contribution in [1.29, 1.82) is 0 Å². The molecule has 0 fully saturated rings. The van der Waals surface area contributed by atoms with Crippen LogP contribution in [0.25, 0.3) is 12.2 Å². The van der Waals surface area contributed by atoms with E-state index in [0.717, 1.165) is 22.3 Å². The van der Waals surface area contributed by atoms with Gasteiger partial charge in [-0.05, 0) is 43.2 Å². The lowest BCUT2D eigenvalue weighted by molar-refractivity contribution is -0.123. The maximum absolute atomic E-state index is 11.7. The summed E-state index contributed by atoms with van der Waals surface area (Å²) in [5.74, 6) is 0.0424. The van der Waals surface area contributed by atoms with Gasteiger partial charge >= 0.3 is 0 Å². The first-order valence-corrected chi connectivity index (χ1v) is 7.75. The summed E-state index contributed by atoms with van der Waals surface area (Å²) in [6, 6.07) is 11.7. The molecular weight excluding hydrogens is 324 g/mol. The van der Waals surface area contributed by atoms with Crippen LogP contribution < -0.4 is 5.56 Å². The largest absolute Gasteiger partial charge is 0.318 e. The summed E-state index contributed by atoms with van der Waals surface area (Å²) < 4.78 is 1.56. The van der Waals surface area contributed by atoms with Gasteiger partial charge in [0.25, 0.3) is 11.5 Å². The zero-order valence-electron chi connectivity index (χ0n) is 14.5. The van der Waals surface area contributed by atoms with Gasteiger partial charge in [0.05, 0.1) is 0 Å². The van der Waals surface area contributed by atoms with Gasteiger partial charge in [0, 0.05) is 37.6 Å². The number of amides is 1. The highest BCUT2D eigenvalue weighted by Gasteiger charge is 2.11. The van der Waals surface area contributed by atoms with Crippen LogP contribution >= 0.6 is 0 Å². The van der Waals surface area contributed by atoms with Gasteiger partial charge < -0.3 is 9.47 Å². The summed E-state index contributed by atoms with van der Waals surface area (Å²) in [7, 11) is 3.51. The average molecular weight is 354 g/mol. The van der Waals surface area contributed by atoms with Crippen LogP contribution in [-0.2, 0) is 11.8 Å². The highest BCUT2D eigenvalue weighted by molar-refractivity contribution is 5.99. The minimum absolute atomic E-state index is 0. The van der Waals surface area contributed by atoms with Gasteiger partial charge in [-0.1, -0.05) is 45.2 Å². The maximum Gasteiger partial charge on any atom is 0.253 e. The van der Waals surface area contributed by atoms with Crippen molar-refractivity contribution in [3.05, 3.63) is 81.4 Å². The molecule has 1 amide bonds. The third kappa shape index (κ3) is 5.59. The van der Waals surface area contributed by atoms with Crippen molar-refractivity contribution in [3.63, 3.8) is 0 Å². The van der Waals surface area contributed by atoms with Gasteiger partial charge in [0.1, 0.15) is 0 Å². The number of carbonyl (C=O) groups excluding carboxylic acids is 1. The molecule has 26 heavy (non-hydrogen) atoms. The summed E-state index contributed by atoms with van der Waals surface area (Å²) in [6.07, 6.45) is 7.43. The fraction of sp³-hybridized carbons (Fsp3) is 0.273. The predicted molar refractivity (Wildman–Crippen MR) is 112 cm³/mol. The molecular formula is C22H30N2O2. The number of hydrogen-bond acceptors (Lipinski definition) is 2. The highest BCUT2D eigenvalue weighted by Crippen LogP contribution is 2.18. The summed E-state index contributed by atoms with van der Waals surface area (Å²) in [5.41, 5.74) is 3.86. The van der Waals surface area contributed by atoms with Gasteiger partial charge in [-0.3, -0.25) is 9.59 Å². The number of hydrogen-bond donors (Lipinski definition) is 0. The normalized spacial score (nSPS) is 12.2. The minimum Gasteiger partial charge on any atom is -0.318 e. The van der Waals surface area contributed by atoms with E-state index in [4.69, 9.17) is 0 Å². The molecule has 4 nitrogen and oxygen atoms in total. The molecule has 0 radical (unpaired) electrons. The molecule has 0 spiro atoms. The molecule has 1 aliphatic heterocycles. The number of aromatic nitrogens is 1. The summed E-state index contributed by atoms with van der Waals surface area (Å²) >= 11 is 0. The van der Waals surface area contributed by atoms with Crippen molar-refractivity contribution >= 4 is 18.1 Å². The van der Waals surface area contributed by atoms with Gasteiger partial charge in [0.15, 0.2) is 0 Å². The third-order valence-electron chi connectivity index (χ3n) is 3.82. The molecule has 0 saturated heterocycles. The Balaban J connectivity index is 0.000000496. The van der Waals surface area contributed by atoms with Crippen LogP contribution in [0.3, 0.4) is 0 Å². The number of rotatable bonds is 0. The second kappa shape index (κ2) is 10.2. The molecule has 140 valence electrons. The number of pyridine rings is 1. The van der Waals surface area contributed by atoms with E-state index in [1.54, 1.807) is 36.0 Å². The Morgan fingerprint density at radius 2 is 1.46 bits per heavy atom. The SMILES string of the molecule is C.C.CC1=Cc2ccccc2C=CN(C)C1=O.Cc1cccn(C)c1=O. The molecule has 0 unspecified atom stereocenters. The van der Waals surface area contributed by atoms with Crippen LogP contribution in [-0.4, -0.2) is 22.4 Å². The van der Waals surface area contributed by atoms with E-state index in [-0.39, 0.29) is 26.3 Å². The predicted octanol–water partition coefficient (Wildman–Crippen LogP) is 4.50. The molecule has 2 heterocycles. The first kappa shape index (κ1) is 23.1. The lowest BCUT2D eigenvalue weighted by Gasteiger charge is -2.15. The minimum atomic E-state index is 0. The maximum atomic E-state index is 11.7. The Hall–Kier alpha value is -2.88. The van der Waals surface area contributed by atoms with Crippen LogP contribution in [0, 0.1) is 6.92 Å². The van der Waals surface area contributed by atoms with Crippen molar-refractivity contribution in [2.24, 2.45) is 7.05 Å². The fourth-order valence-electron chi connectivity index (χ4n) is 2.36. The molecule has 0 bridgehead atoms. The molecule has 4 heteroatoms. The zero-order valence-corrected chi connectivity index (χ0v) is 14.5. The van der Waals surface area contributed by atoms with Gasteiger partial charge in [-0.2, -0.15) is 0 Å². The van der Waals surface area contributed by atoms with E-state index in [1.807, 2.05) is 62.4 Å². The Kier molecular flexibility index (Phi) is 9.06. The molecule has 0 N–H and O–H groups in total. The molecule has 0 aliphatic carbocycles. The van der Waals surface area contributed by atoms with Crippen molar-refractivity contribution in [2.75, 3.05) is 7.05 Å². The summed E-state index contributed by atoms with van der Waals surface area (Å²) in [6.45, 7) is 3.65. The summed E-state index contributed by atoms with van der Waals surface area (Å²) in [5, 5.41) is 0. The lowest BCUT2D eigenvalue weighted by Crippen LogP contribution is -2.22. The number of fused-ring (bicyclic) bond motifs is 1. The van der Waals surface area contributed by atoms with Gasteiger partial charge in [-0.15, -0.1) is 0 Å². The van der Waals surface area contributed by atoms with E-state index < -0.39 is 0 Å². The van der Waals surface area contributed by atoms with E-state index >= 15 is 0 Å². The van der Waals surface area contributed by atoms with Gasteiger partial charge in [0.2, 0.25) is 0 Å². The highest BCUT2D eigenvalue weighted by atomic mass is 16.2. The molecule has 1 aromatic carbocycles. The molecule has 3 rings (SSSR count). The average Bonchev–Trinajstić information content (AvgIpc) is 2.57. The van der Waals surface area contributed by atoms with Crippen LogP contribution in [0.5, 0.6) is 0 Å². The topological polar surface area (TPSA) is 42.3 Å². The van der Waals surface area contributed by atoms with Crippen molar-refractivity contribution in [1.82, 2.24) is 9.47 Å². The number of benzene rings is 1. The standard InChI is InChI=1S/C13H13NO.C7H9NO.2CH4/c1-10-9-12-6-4-3-5-11(12)7-8-14(2)13(10)15;1-6-4-3-5-8(2)7(6)9;;/h3-9H,1-2H3;3-5H,1-2H3;2*1H4. The first-order valence-electron chi connectivity index (χ1n) is 7.75. The van der Waals surface area contributed by atoms with Gasteiger partial charge in [-0.25, -0.2) is 0 Å². The van der Waals surface area contributed by atoms with E-state index in [9.17, 15) is 9.59 Å². The number of carbonyl (C=O) groups is 1. The van der Waals surface area contributed by atoms with Crippen molar-refractivity contribution in [2.45, 2.75) is 28.7 Å². The molecule has 1 aromatic heterocycles. The molecule has 2 aromatic rings. The van der Waals surface area contributed by atoms with Crippen molar-refractivity contribution < 1.29 is 4.79 Å². The van der Waals surface area contributed by atoms with E-state index in [0.29, 0.717) is 0 Å². The van der Waals surface area contributed by atoms with Crippen LogP contribution in [0.4, 0.5) is 0 Å². The second-order valence-corrected chi connectivity index (χ2v) is 5.80. The van der Waals surface area contributed by atoms with Crippen molar-refractivity contribution in [3.8, 4) is 0 Å². The monoisotopic (exact) mass is 354 g/mol. The van der Waals surface area contributed by atoms with Crippen LogP contribution in [0.15, 0.2) is 59.2 Å². The Bertz CT molecular complexity index is 837. The Morgan fingerprint density at radius 3 is 2.04 bits per heavy atom. The number of nitrogens with zero attached hydrogens (tertiary/aromatic N) is 2. The fourth-order valence-corrected chi connectivity index (χ4v) is 2.36. The molecule has 0 atom stereocenters.